The van der Waals surface area contributed by atoms with E-state index in [9.17, 15) is 66.3 Å². The number of amides is 2. The first-order valence-electron chi connectivity index (χ1n) is 16.1. The van der Waals surface area contributed by atoms with Gasteiger partial charge in [-0.2, -0.15) is 8.42 Å². The molecule has 2 amide bonds. The van der Waals surface area contributed by atoms with Crippen LogP contribution in [-0.2, 0) is 50.1 Å². The Morgan fingerprint density at radius 1 is 0.531 bits per heavy atom. The predicted octanol–water partition coefficient (Wildman–Crippen LogP) is -11.1. The van der Waals surface area contributed by atoms with Crippen molar-refractivity contribution in [2.45, 2.75) is 9.79 Å². The van der Waals surface area contributed by atoms with Gasteiger partial charge in [0.25, 0.3) is 10.1 Å². The molecule has 0 saturated carbocycles. The standard InChI is InChI=1S/C33H26N8O15S4.4Na/c34-21-5-1-15-9-19(57(45,46)47)13-25(42)29(15)31(21)40-38-23-7-3-17(11-27(23)59(51,52)53)36-33(44)37-18-4-8-24(28(12-18)60(54,55)56)39-41-32-22(35)6-2-16-10-20(58(48,49)50)14-26(43)30(16)32;;;;/h1-14,34-35,38-41H,(H2,36,37,44)(H,45,46,47)(H,48,49,50)(H,51,52,53)(H,54,55,56);;;;/q;4*+1/p-3. The number of hydrogen-bond acceptors (Lipinski definition) is 20. The number of hydrogen-bond donors (Lipinski definition) is 9. The fourth-order valence-corrected chi connectivity index (χ4v) is 8.10. The van der Waals surface area contributed by atoms with Crippen molar-refractivity contribution < 1.29 is 184 Å². The van der Waals surface area contributed by atoms with Crippen LogP contribution in [0.3, 0.4) is 0 Å². The number of nitrogens with one attached hydrogen (secondary N) is 8. The van der Waals surface area contributed by atoms with Gasteiger partial charge < -0.3 is 24.3 Å². The molecule has 2 aromatic carbocycles. The molecule has 0 heterocycles. The Labute approximate surface area is 452 Å². The molecule has 2 aromatic rings. The molecule has 0 fully saturated rings. The van der Waals surface area contributed by atoms with Gasteiger partial charge in [0.15, 0.2) is 11.6 Å². The van der Waals surface area contributed by atoms with Crippen molar-refractivity contribution in [1.82, 2.24) is 10.9 Å². The van der Waals surface area contributed by atoms with Gasteiger partial charge >= 0.3 is 124 Å². The minimum atomic E-state index is -5.33. The van der Waals surface area contributed by atoms with Gasteiger partial charge in [0, 0.05) is 23.5 Å². The minimum absolute atomic E-state index is 0. The van der Waals surface area contributed by atoms with E-state index >= 15 is 0 Å². The zero-order valence-corrected chi connectivity index (χ0v) is 44.6. The molecule has 0 spiro atoms. The number of hydrazine groups is 2. The summed E-state index contributed by atoms with van der Waals surface area (Å²) < 4.78 is 140. The summed E-state index contributed by atoms with van der Waals surface area (Å²) in [7, 11) is -20.4. The Balaban J connectivity index is 0.00000352. The van der Waals surface area contributed by atoms with Crippen LogP contribution in [0.4, 0.5) is 27.5 Å². The van der Waals surface area contributed by atoms with Crippen LogP contribution in [0, 0.1) is 10.8 Å². The maximum atomic E-state index is 12.9. The summed E-state index contributed by atoms with van der Waals surface area (Å²) in [5.74, 6) is -1.92. The van der Waals surface area contributed by atoms with Crippen molar-refractivity contribution in [3.8, 4) is 0 Å². The fraction of sp³-hybridized carbons (Fsp3) is 0. The summed E-state index contributed by atoms with van der Waals surface area (Å²) in [4.78, 5) is 35.0. The largest absolute Gasteiger partial charge is 1.00 e. The van der Waals surface area contributed by atoms with Gasteiger partial charge in [-0.15, -0.1) is 0 Å². The Kier molecular flexibility index (Phi) is 19.6. The molecular formula is C33H23N8Na4O15S4+. The van der Waals surface area contributed by atoms with Crippen molar-refractivity contribution in [3.05, 3.63) is 129 Å². The van der Waals surface area contributed by atoms with Crippen LogP contribution < -0.4 is 151 Å². The van der Waals surface area contributed by atoms with E-state index in [0.717, 1.165) is 60.7 Å². The summed E-state index contributed by atoms with van der Waals surface area (Å²) in [6.07, 6.45) is 7.72. The number of fused-ring (bicyclic) bond motifs is 2. The molecule has 4 aliphatic rings. The van der Waals surface area contributed by atoms with Gasteiger partial charge in [-0.05, 0) is 71.8 Å². The average Bonchev–Trinajstić information content (AvgIpc) is 3.13. The van der Waals surface area contributed by atoms with Gasteiger partial charge in [0.2, 0.25) is 0 Å². The third kappa shape index (κ3) is 13.2. The first kappa shape index (κ1) is 57.3. The van der Waals surface area contributed by atoms with Gasteiger partial charge in [0.05, 0.1) is 64.9 Å². The molecule has 0 saturated heterocycles. The van der Waals surface area contributed by atoms with E-state index in [4.69, 9.17) is 10.8 Å². The monoisotopic (exact) mass is 991 g/mol. The fourth-order valence-electron chi connectivity index (χ4n) is 5.73. The Hall–Kier alpha value is -2.85. The number of rotatable bonds is 12. The zero-order chi connectivity index (χ0) is 44.1. The predicted molar refractivity (Wildman–Crippen MR) is 206 cm³/mol. The number of anilines is 4. The van der Waals surface area contributed by atoms with Crippen molar-refractivity contribution in [2.24, 2.45) is 0 Å². The van der Waals surface area contributed by atoms with Crippen LogP contribution in [0.1, 0.15) is 0 Å². The van der Waals surface area contributed by atoms with Crippen molar-refractivity contribution in [3.63, 3.8) is 0 Å². The van der Waals surface area contributed by atoms with E-state index in [0.29, 0.717) is 12.2 Å². The second-order valence-electron chi connectivity index (χ2n) is 12.4. The second kappa shape index (κ2) is 21.8. The first-order chi connectivity index (χ1) is 27.8. The van der Waals surface area contributed by atoms with Crippen LogP contribution in [0.15, 0.2) is 138 Å². The minimum Gasteiger partial charge on any atom is -0.744 e. The Morgan fingerprint density at radius 3 is 1.27 bits per heavy atom. The molecule has 0 aromatic heterocycles. The molecule has 23 nitrogen and oxygen atoms in total. The van der Waals surface area contributed by atoms with Gasteiger partial charge in [-0.25, -0.2) is 30.0 Å². The molecule has 0 bridgehead atoms. The third-order valence-corrected chi connectivity index (χ3v) is 11.8. The summed E-state index contributed by atoms with van der Waals surface area (Å²) >= 11 is 0. The van der Waals surface area contributed by atoms with Crippen LogP contribution in [0.2, 0.25) is 0 Å². The summed E-state index contributed by atoms with van der Waals surface area (Å²) in [5, 5.41) is 20.8. The topological polar surface area (TPSA) is 397 Å². The Morgan fingerprint density at radius 2 is 0.906 bits per heavy atom. The molecule has 64 heavy (non-hydrogen) atoms. The van der Waals surface area contributed by atoms with E-state index in [1.807, 2.05) is 0 Å². The summed E-state index contributed by atoms with van der Waals surface area (Å²) in [5.41, 5.74) is 6.31. The maximum Gasteiger partial charge on any atom is 1.00 e. The molecule has 312 valence electrons. The molecule has 6 rings (SSSR count). The molecule has 4 aliphatic carbocycles. The summed E-state index contributed by atoms with van der Waals surface area (Å²) in [6.45, 7) is 0. The molecule has 31 heteroatoms. The van der Waals surface area contributed by atoms with Crippen LogP contribution in [0.25, 0.3) is 0 Å². The van der Waals surface area contributed by atoms with E-state index in [-0.39, 0.29) is 175 Å². The van der Waals surface area contributed by atoms with Crippen molar-refractivity contribution >= 4 is 92.2 Å². The second-order valence-corrected chi connectivity index (χ2v) is 17.9. The molecule has 0 unspecified atom stereocenters. The number of carbonyl (C=O) groups is 3. The average molecular weight is 992 g/mol. The molecular weight excluding hydrogens is 969 g/mol. The molecule has 9 N–H and O–H groups in total. The third-order valence-electron chi connectivity index (χ3n) is 8.36. The molecule has 0 aliphatic heterocycles. The number of carbonyl (C=O) groups excluding carboxylic acids is 3. The molecule has 0 radical (unpaired) electrons. The van der Waals surface area contributed by atoms with Gasteiger partial charge in [-0.3, -0.25) is 46.7 Å². The molecule has 0 atom stereocenters. The van der Waals surface area contributed by atoms with E-state index in [1.54, 1.807) is 0 Å². The SMILES string of the molecule is N=C1C=CC2=CC(S(=O)(=O)[O-])=CC(=O)C2=C1NNc1ccc(NC(=O)Nc2ccc(NNC3=C4C(=O)C=C(S(=O)(=O)O)C=C4C=CC3=N)c(S(=O)(=O)[O-])c2)cc1S(=O)(=O)[O-].[Na+].[Na+].[Na+].[Na+]. The van der Waals surface area contributed by atoms with Crippen molar-refractivity contribution in [1.29, 1.82) is 10.8 Å². The number of benzene rings is 2. The Bertz CT molecular complexity index is 2930. The van der Waals surface area contributed by atoms with E-state index in [1.165, 1.54) is 12.2 Å². The smallest absolute Gasteiger partial charge is 0.744 e. The number of urea groups is 1. The zero-order valence-electron chi connectivity index (χ0n) is 33.4. The number of ketones is 2. The van der Waals surface area contributed by atoms with E-state index in [2.05, 4.69) is 32.3 Å². The first-order valence-corrected chi connectivity index (χ1v) is 21.7. The van der Waals surface area contributed by atoms with E-state index < -0.39 is 89.0 Å². The van der Waals surface area contributed by atoms with Crippen molar-refractivity contribution in [2.75, 3.05) is 21.5 Å². The van der Waals surface area contributed by atoms with Crippen LogP contribution in [0.5, 0.6) is 0 Å². The maximum absolute atomic E-state index is 12.9. The van der Waals surface area contributed by atoms with Crippen LogP contribution in [-0.4, -0.2) is 80.9 Å². The normalized spacial score (nSPS) is 15.8. The van der Waals surface area contributed by atoms with Crippen LogP contribution >= 0.6 is 0 Å². The summed E-state index contributed by atoms with van der Waals surface area (Å²) in [6, 6.07) is 4.51. The van der Waals surface area contributed by atoms with Gasteiger partial charge in [0.1, 0.15) is 30.4 Å². The number of allylic oxidation sites excluding steroid dienone is 12. The quantitative estimate of drug-likeness (QED) is 0.0542. The van der Waals surface area contributed by atoms with Gasteiger partial charge in [-0.1, -0.05) is 12.2 Å².